The lowest BCUT2D eigenvalue weighted by Crippen LogP contribution is -2.19. The number of hydrogen-bond acceptors (Lipinski definition) is 3. The van der Waals surface area contributed by atoms with E-state index in [9.17, 15) is 14.0 Å². The summed E-state index contributed by atoms with van der Waals surface area (Å²) in [5.74, 6) is -0.593. The summed E-state index contributed by atoms with van der Waals surface area (Å²) in [6.45, 7) is 1.77. The Morgan fingerprint density at radius 1 is 1.23 bits per heavy atom. The number of benzene rings is 2. The minimum absolute atomic E-state index is 0.100. The summed E-state index contributed by atoms with van der Waals surface area (Å²) in [7, 11) is 0. The van der Waals surface area contributed by atoms with Crippen molar-refractivity contribution in [3.05, 3.63) is 69.2 Å². The standard InChI is InChI=1S/C18H15ClFN3O3/c1-9(21-12-3-2-4-13(8-12)22-18(25)26)14-6-10-5-11(19)7-15(20)16(10)23-17(14)24/h2-9,21-22H,1H3,(H,23,24)(H,25,26). The molecule has 0 radical (unpaired) electrons. The monoisotopic (exact) mass is 375 g/mol. The Bertz CT molecular complexity index is 1050. The SMILES string of the molecule is CC(Nc1cccc(NC(=O)O)c1)c1cc2cc(Cl)cc(F)c2[nH]c1=O. The molecule has 134 valence electrons. The second-order valence-electron chi connectivity index (χ2n) is 5.78. The van der Waals surface area contributed by atoms with Crippen LogP contribution in [0.1, 0.15) is 18.5 Å². The quantitative estimate of drug-likeness (QED) is 0.536. The van der Waals surface area contributed by atoms with Gasteiger partial charge in [-0.15, -0.1) is 0 Å². The molecule has 8 heteroatoms. The van der Waals surface area contributed by atoms with E-state index in [2.05, 4.69) is 15.6 Å². The number of carboxylic acid groups (broad SMARTS) is 1. The average molecular weight is 376 g/mol. The Hall–Kier alpha value is -3.06. The van der Waals surface area contributed by atoms with Gasteiger partial charge >= 0.3 is 6.09 Å². The third kappa shape index (κ3) is 3.78. The highest BCUT2D eigenvalue weighted by Gasteiger charge is 2.14. The molecule has 4 N–H and O–H groups in total. The van der Waals surface area contributed by atoms with Crippen LogP contribution in [0.4, 0.5) is 20.6 Å². The Labute approximate surface area is 152 Å². The normalized spacial score (nSPS) is 12.0. The lowest BCUT2D eigenvalue weighted by Gasteiger charge is -2.16. The second kappa shape index (κ2) is 7.05. The van der Waals surface area contributed by atoms with Gasteiger partial charge in [0.15, 0.2) is 0 Å². The number of halogens is 2. The first kappa shape index (κ1) is 17.8. The number of hydrogen-bond donors (Lipinski definition) is 4. The van der Waals surface area contributed by atoms with Gasteiger partial charge in [0.2, 0.25) is 0 Å². The lowest BCUT2D eigenvalue weighted by molar-refractivity contribution is 0.210. The van der Waals surface area contributed by atoms with Gasteiger partial charge < -0.3 is 15.4 Å². The summed E-state index contributed by atoms with van der Waals surface area (Å²) in [4.78, 5) is 25.6. The molecule has 0 aliphatic rings. The summed E-state index contributed by atoms with van der Waals surface area (Å²) in [6, 6.07) is 10.5. The van der Waals surface area contributed by atoms with Crippen molar-refractivity contribution in [2.45, 2.75) is 13.0 Å². The molecule has 0 aliphatic heterocycles. The van der Waals surface area contributed by atoms with Crippen molar-refractivity contribution in [3.63, 3.8) is 0 Å². The smallest absolute Gasteiger partial charge is 0.409 e. The number of nitrogens with one attached hydrogen (secondary N) is 3. The van der Waals surface area contributed by atoms with Crippen molar-refractivity contribution in [2.24, 2.45) is 0 Å². The maximum absolute atomic E-state index is 13.9. The van der Waals surface area contributed by atoms with Crippen LogP contribution in [0, 0.1) is 5.82 Å². The summed E-state index contributed by atoms with van der Waals surface area (Å²) in [5.41, 5.74) is 1.11. The minimum atomic E-state index is -1.17. The maximum atomic E-state index is 13.9. The number of rotatable bonds is 4. The highest BCUT2D eigenvalue weighted by molar-refractivity contribution is 6.31. The third-order valence-corrected chi connectivity index (χ3v) is 4.08. The van der Waals surface area contributed by atoms with Crippen LogP contribution in [-0.2, 0) is 0 Å². The van der Waals surface area contributed by atoms with Crippen LogP contribution in [0.2, 0.25) is 5.02 Å². The van der Waals surface area contributed by atoms with Crippen molar-refractivity contribution in [1.82, 2.24) is 4.98 Å². The zero-order valence-corrected chi connectivity index (χ0v) is 14.4. The van der Waals surface area contributed by atoms with Gasteiger partial charge in [-0.2, -0.15) is 0 Å². The van der Waals surface area contributed by atoms with Crippen LogP contribution >= 0.6 is 11.6 Å². The predicted molar refractivity (Wildman–Crippen MR) is 99.7 cm³/mol. The van der Waals surface area contributed by atoms with Crippen LogP contribution in [0.15, 0.2) is 47.3 Å². The van der Waals surface area contributed by atoms with E-state index < -0.39 is 23.5 Å². The molecule has 1 heterocycles. The van der Waals surface area contributed by atoms with E-state index in [1.165, 1.54) is 0 Å². The largest absolute Gasteiger partial charge is 0.465 e. The van der Waals surface area contributed by atoms with E-state index in [-0.39, 0.29) is 10.5 Å². The van der Waals surface area contributed by atoms with E-state index in [4.69, 9.17) is 16.7 Å². The molecular formula is C18H15ClFN3O3. The van der Waals surface area contributed by atoms with Crippen molar-refractivity contribution >= 4 is 40.0 Å². The molecule has 1 atom stereocenters. The van der Waals surface area contributed by atoms with E-state index >= 15 is 0 Å². The molecule has 1 amide bonds. The van der Waals surface area contributed by atoms with Gasteiger partial charge in [-0.05, 0) is 43.3 Å². The zero-order chi connectivity index (χ0) is 18.8. The summed E-state index contributed by atoms with van der Waals surface area (Å²) in [6.07, 6.45) is -1.17. The molecule has 0 bridgehead atoms. The van der Waals surface area contributed by atoms with Crippen LogP contribution in [-0.4, -0.2) is 16.2 Å². The molecule has 0 saturated carbocycles. The fourth-order valence-electron chi connectivity index (χ4n) is 2.72. The average Bonchev–Trinajstić information content (AvgIpc) is 2.54. The zero-order valence-electron chi connectivity index (χ0n) is 13.6. The molecule has 0 aliphatic carbocycles. The molecule has 3 rings (SSSR count). The number of carbonyl (C=O) groups is 1. The van der Waals surface area contributed by atoms with Gasteiger partial charge in [-0.3, -0.25) is 10.1 Å². The molecule has 0 saturated heterocycles. The number of amides is 1. The second-order valence-corrected chi connectivity index (χ2v) is 6.22. The van der Waals surface area contributed by atoms with E-state index in [0.29, 0.717) is 22.3 Å². The Morgan fingerprint density at radius 3 is 2.69 bits per heavy atom. The Morgan fingerprint density at radius 2 is 1.96 bits per heavy atom. The summed E-state index contributed by atoms with van der Waals surface area (Å²) < 4.78 is 13.9. The molecule has 0 spiro atoms. The number of aromatic nitrogens is 1. The summed E-state index contributed by atoms with van der Waals surface area (Å²) >= 11 is 5.88. The van der Waals surface area contributed by atoms with Gasteiger partial charge in [0, 0.05) is 27.3 Å². The first-order valence-electron chi connectivity index (χ1n) is 7.72. The third-order valence-electron chi connectivity index (χ3n) is 3.86. The fraction of sp³-hybridized carbons (Fsp3) is 0.111. The fourth-order valence-corrected chi connectivity index (χ4v) is 2.93. The summed E-state index contributed by atoms with van der Waals surface area (Å²) in [5, 5.41) is 14.9. The van der Waals surface area contributed by atoms with Crippen LogP contribution in [0.3, 0.4) is 0 Å². The number of H-pyrrole nitrogens is 1. The molecule has 1 unspecified atom stereocenters. The van der Waals surface area contributed by atoms with Gasteiger partial charge in [0.05, 0.1) is 11.6 Å². The molecule has 0 fully saturated rings. The van der Waals surface area contributed by atoms with Gasteiger partial charge in [0.25, 0.3) is 5.56 Å². The number of pyridine rings is 1. The first-order valence-corrected chi connectivity index (χ1v) is 8.10. The number of anilines is 2. The van der Waals surface area contributed by atoms with E-state index in [0.717, 1.165) is 6.07 Å². The van der Waals surface area contributed by atoms with Crippen LogP contribution < -0.4 is 16.2 Å². The Kier molecular flexibility index (Phi) is 4.81. The topological polar surface area (TPSA) is 94.2 Å². The van der Waals surface area contributed by atoms with Crippen molar-refractivity contribution in [2.75, 3.05) is 10.6 Å². The van der Waals surface area contributed by atoms with Crippen molar-refractivity contribution in [1.29, 1.82) is 0 Å². The highest BCUT2D eigenvalue weighted by atomic mass is 35.5. The lowest BCUT2D eigenvalue weighted by atomic mass is 10.1. The Balaban J connectivity index is 1.93. The number of aromatic amines is 1. The van der Waals surface area contributed by atoms with E-state index in [1.54, 1.807) is 43.3 Å². The van der Waals surface area contributed by atoms with Crippen molar-refractivity contribution in [3.8, 4) is 0 Å². The van der Waals surface area contributed by atoms with E-state index in [1.807, 2.05) is 0 Å². The number of fused-ring (bicyclic) bond motifs is 1. The van der Waals surface area contributed by atoms with Crippen LogP contribution in [0.5, 0.6) is 0 Å². The van der Waals surface area contributed by atoms with Crippen molar-refractivity contribution < 1.29 is 14.3 Å². The minimum Gasteiger partial charge on any atom is -0.465 e. The molecule has 26 heavy (non-hydrogen) atoms. The highest BCUT2D eigenvalue weighted by Crippen LogP contribution is 2.25. The molecular weight excluding hydrogens is 361 g/mol. The van der Waals surface area contributed by atoms with Gasteiger partial charge in [-0.25, -0.2) is 9.18 Å². The molecule has 6 nitrogen and oxygen atoms in total. The van der Waals surface area contributed by atoms with Crippen LogP contribution in [0.25, 0.3) is 10.9 Å². The molecule has 3 aromatic rings. The van der Waals surface area contributed by atoms with Gasteiger partial charge in [0.1, 0.15) is 5.82 Å². The molecule has 2 aromatic carbocycles. The predicted octanol–water partition coefficient (Wildman–Crippen LogP) is 4.58. The van der Waals surface area contributed by atoms with Gasteiger partial charge in [-0.1, -0.05) is 17.7 Å². The first-order chi connectivity index (χ1) is 12.3. The maximum Gasteiger partial charge on any atom is 0.409 e. The molecule has 1 aromatic heterocycles.